The molecule has 0 aromatic heterocycles. The van der Waals surface area contributed by atoms with Gasteiger partial charge in [0.25, 0.3) is 0 Å². The number of likely N-dealkylation sites (tertiary alicyclic amines) is 1. The molecule has 1 saturated heterocycles. The Balaban J connectivity index is 1.91. The number of hydrogen-bond donors (Lipinski definition) is 0. The molecule has 2 nitrogen and oxygen atoms in total. The van der Waals surface area contributed by atoms with Crippen LogP contribution in [0.4, 0.5) is 0 Å². The number of aryl methyl sites for hydroxylation is 1. The number of hydrogen-bond acceptors (Lipinski definition) is 2. The third kappa shape index (κ3) is 2.50. The third-order valence-electron chi connectivity index (χ3n) is 2.99. The van der Waals surface area contributed by atoms with E-state index in [1.807, 2.05) is 25.1 Å². The summed E-state index contributed by atoms with van der Waals surface area (Å²) in [5, 5.41) is 0.711. The summed E-state index contributed by atoms with van der Waals surface area (Å²) in [5.74, 6) is 0.806. The molecule has 16 heavy (non-hydrogen) atoms. The van der Waals surface area contributed by atoms with Gasteiger partial charge in [0.15, 0.2) is 0 Å². The zero-order valence-electron chi connectivity index (χ0n) is 10.0. The fourth-order valence-electron chi connectivity index (χ4n) is 1.85. The van der Waals surface area contributed by atoms with E-state index in [-0.39, 0.29) is 0 Å². The molecule has 1 aliphatic rings. The molecular formula is C13H18ClNO. The average molecular weight is 240 g/mol. The molecule has 0 radical (unpaired) electrons. The maximum absolute atomic E-state index is 6.11. The molecule has 0 amide bonds. The molecule has 0 bridgehead atoms. The van der Waals surface area contributed by atoms with E-state index in [2.05, 4.69) is 18.7 Å². The van der Waals surface area contributed by atoms with Gasteiger partial charge in [-0.2, -0.15) is 0 Å². The first kappa shape index (κ1) is 11.7. The Morgan fingerprint density at radius 2 is 2.06 bits per heavy atom. The van der Waals surface area contributed by atoms with Crippen LogP contribution in [0, 0.1) is 6.92 Å². The lowest BCUT2D eigenvalue weighted by Gasteiger charge is -2.41. The van der Waals surface area contributed by atoms with E-state index in [4.69, 9.17) is 16.3 Å². The molecule has 0 spiro atoms. The van der Waals surface area contributed by atoms with Crippen LogP contribution >= 0.6 is 11.6 Å². The lowest BCUT2D eigenvalue weighted by atomic mass is 10.1. The third-order valence-corrected chi connectivity index (χ3v) is 3.28. The number of rotatable bonds is 3. The Hall–Kier alpha value is -0.730. The molecule has 1 fully saturated rings. The largest absolute Gasteiger partial charge is 0.486 e. The van der Waals surface area contributed by atoms with Crippen molar-refractivity contribution in [2.24, 2.45) is 0 Å². The molecule has 1 aliphatic heterocycles. The standard InChI is InChI=1S/C13H18ClNO/c1-9(2)15-7-11(8-15)16-13-5-4-10(3)6-12(13)14/h4-6,9,11H,7-8H2,1-3H3. The lowest BCUT2D eigenvalue weighted by molar-refractivity contribution is 0.000201. The normalized spacial score (nSPS) is 17.6. The van der Waals surface area contributed by atoms with E-state index in [0.717, 1.165) is 24.4 Å². The summed E-state index contributed by atoms with van der Waals surface area (Å²) in [5.41, 5.74) is 1.16. The number of ether oxygens (including phenoxy) is 1. The van der Waals surface area contributed by atoms with Gasteiger partial charge in [-0.3, -0.25) is 4.90 Å². The van der Waals surface area contributed by atoms with Gasteiger partial charge in [-0.15, -0.1) is 0 Å². The van der Waals surface area contributed by atoms with Crippen LogP contribution < -0.4 is 4.74 Å². The minimum absolute atomic E-state index is 0.294. The number of halogens is 1. The van der Waals surface area contributed by atoms with Crippen molar-refractivity contribution in [3.05, 3.63) is 28.8 Å². The van der Waals surface area contributed by atoms with E-state index in [9.17, 15) is 0 Å². The summed E-state index contributed by atoms with van der Waals surface area (Å²) >= 11 is 6.11. The predicted octanol–water partition coefficient (Wildman–Crippen LogP) is 3.12. The molecule has 2 rings (SSSR count). The van der Waals surface area contributed by atoms with Gasteiger partial charge in [0, 0.05) is 19.1 Å². The van der Waals surface area contributed by atoms with Crippen molar-refractivity contribution in [2.45, 2.75) is 32.9 Å². The second kappa shape index (κ2) is 4.64. The highest BCUT2D eigenvalue weighted by molar-refractivity contribution is 6.32. The molecule has 1 aromatic carbocycles. The highest BCUT2D eigenvalue weighted by Crippen LogP contribution is 2.28. The van der Waals surface area contributed by atoms with E-state index in [1.54, 1.807) is 0 Å². The summed E-state index contributed by atoms with van der Waals surface area (Å²) in [4.78, 5) is 2.38. The molecule has 0 saturated carbocycles. The highest BCUT2D eigenvalue weighted by atomic mass is 35.5. The topological polar surface area (TPSA) is 12.5 Å². The minimum Gasteiger partial charge on any atom is -0.486 e. The first-order chi connectivity index (χ1) is 7.56. The number of nitrogens with zero attached hydrogens (tertiary/aromatic N) is 1. The van der Waals surface area contributed by atoms with Gasteiger partial charge in [-0.1, -0.05) is 17.7 Å². The van der Waals surface area contributed by atoms with Gasteiger partial charge >= 0.3 is 0 Å². The monoisotopic (exact) mass is 239 g/mol. The summed E-state index contributed by atoms with van der Waals surface area (Å²) in [6.45, 7) is 8.44. The molecule has 1 aromatic rings. The Kier molecular flexibility index (Phi) is 3.41. The Morgan fingerprint density at radius 1 is 1.38 bits per heavy atom. The van der Waals surface area contributed by atoms with Crippen LogP contribution in [0.15, 0.2) is 18.2 Å². The van der Waals surface area contributed by atoms with Crippen LogP contribution in [0.3, 0.4) is 0 Å². The summed E-state index contributed by atoms with van der Waals surface area (Å²) in [7, 11) is 0. The summed E-state index contributed by atoms with van der Waals surface area (Å²) in [6.07, 6.45) is 0.294. The molecule has 1 heterocycles. The average Bonchev–Trinajstić information content (AvgIpc) is 2.12. The van der Waals surface area contributed by atoms with Crippen LogP contribution in [0.25, 0.3) is 0 Å². The van der Waals surface area contributed by atoms with Crippen LogP contribution in [-0.2, 0) is 0 Å². The highest BCUT2D eigenvalue weighted by Gasteiger charge is 2.30. The minimum atomic E-state index is 0.294. The van der Waals surface area contributed by atoms with Gasteiger partial charge in [-0.25, -0.2) is 0 Å². The van der Waals surface area contributed by atoms with Gasteiger partial charge in [0.2, 0.25) is 0 Å². The maximum atomic E-state index is 6.11. The Morgan fingerprint density at radius 3 is 2.62 bits per heavy atom. The first-order valence-corrected chi connectivity index (χ1v) is 6.11. The van der Waals surface area contributed by atoms with Crippen LogP contribution in [0.5, 0.6) is 5.75 Å². The number of benzene rings is 1. The second-order valence-corrected chi connectivity index (χ2v) is 5.13. The molecule has 3 heteroatoms. The van der Waals surface area contributed by atoms with Gasteiger partial charge in [0.1, 0.15) is 11.9 Å². The van der Waals surface area contributed by atoms with Crippen LogP contribution in [0.2, 0.25) is 5.02 Å². The van der Waals surface area contributed by atoms with Crippen molar-refractivity contribution >= 4 is 11.6 Å². The summed E-state index contributed by atoms with van der Waals surface area (Å²) < 4.78 is 5.84. The van der Waals surface area contributed by atoms with Crippen molar-refractivity contribution in [1.29, 1.82) is 0 Å². The van der Waals surface area contributed by atoms with Gasteiger partial charge < -0.3 is 4.74 Å². The second-order valence-electron chi connectivity index (χ2n) is 4.72. The molecule has 0 atom stereocenters. The molecular weight excluding hydrogens is 222 g/mol. The Labute approximate surface area is 102 Å². The fourth-order valence-corrected chi connectivity index (χ4v) is 2.13. The zero-order chi connectivity index (χ0) is 11.7. The molecule has 0 N–H and O–H groups in total. The molecule has 88 valence electrons. The fraction of sp³-hybridized carbons (Fsp3) is 0.538. The van der Waals surface area contributed by atoms with E-state index >= 15 is 0 Å². The SMILES string of the molecule is Cc1ccc(OC2CN(C(C)C)C2)c(Cl)c1. The lowest BCUT2D eigenvalue weighted by Crippen LogP contribution is -2.56. The summed E-state index contributed by atoms with van der Waals surface area (Å²) in [6, 6.07) is 6.53. The van der Waals surface area contributed by atoms with Crippen LogP contribution in [-0.4, -0.2) is 30.1 Å². The van der Waals surface area contributed by atoms with Gasteiger partial charge in [-0.05, 0) is 38.5 Å². The van der Waals surface area contributed by atoms with Crippen molar-refractivity contribution in [1.82, 2.24) is 4.90 Å². The smallest absolute Gasteiger partial charge is 0.138 e. The maximum Gasteiger partial charge on any atom is 0.138 e. The quantitative estimate of drug-likeness (QED) is 0.804. The van der Waals surface area contributed by atoms with E-state index in [1.165, 1.54) is 0 Å². The van der Waals surface area contributed by atoms with Crippen LogP contribution in [0.1, 0.15) is 19.4 Å². The van der Waals surface area contributed by atoms with Gasteiger partial charge in [0.05, 0.1) is 5.02 Å². The first-order valence-electron chi connectivity index (χ1n) is 5.73. The van der Waals surface area contributed by atoms with Crippen molar-refractivity contribution in [3.8, 4) is 5.75 Å². The van der Waals surface area contributed by atoms with Crippen molar-refractivity contribution in [3.63, 3.8) is 0 Å². The zero-order valence-corrected chi connectivity index (χ0v) is 10.8. The van der Waals surface area contributed by atoms with Crippen molar-refractivity contribution < 1.29 is 4.74 Å². The van der Waals surface area contributed by atoms with E-state index in [0.29, 0.717) is 17.2 Å². The predicted molar refractivity (Wildman–Crippen MR) is 67.3 cm³/mol. The molecule has 0 unspecified atom stereocenters. The van der Waals surface area contributed by atoms with Crippen molar-refractivity contribution in [2.75, 3.05) is 13.1 Å². The van der Waals surface area contributed by atoms with E-state index < -0.39 is 0 Å². The Bertz CT molecular complexity index is 372. The molecule has 0 aliphatic carbocycles.